The van der Waals surface area contributed by atoms with Crippen LogP contribution in [0.4, 0.5) is 4.79 Å². The summed E-state index contributed by atoms with van der Waals surface area (Å²) in [5.41, 5.74) is 9.66. The summed E-state index contributed by atoms with van der Waals surface area (Å²) in [6.07, 6.45) is 14.5. The van der Waals surface area contributed by atoms with E-state index in [0.29, 0.717) is 6.61 Å². The maximum atomic E-state index is 11.4. The number of carbonyl (C=O) groups excluding carboxylic acids is 4. The maximum absolute atomic E-state index is 11.4. The van der Waals surface area contributed by atoms with Crippen LogP contribution in [0.1, 0.15) is 67.7 Å². The number of esters is 2. The highest BCUT2D eigenvalue weighted by atomic mass is 35.5. The third-order valence-electron chi connectivity index (χ3n) is 3.17. The first-order chi connectivity index (χ1) is 19.3. The number of carboxylic acid groups (broad SMARTS) is 1. The topological polar surface area (TPSA) is 218 Å². The van der Waals surface area contributed by atoms with Crippen LogP contribution >= 0.6 is 24.0 Å². The minimum Gasteiger partial charge on any atom is -0.480 e. The first-order valence-corrected chi connectivity index (χ1v) is 12.9. The zero-order valence-electron chi connectivity index (χ0n) is 25.8. The molecule has 0 aliphatic rings. The fraction of sp³-hybridized carbons (Fsp3) is 0.607. The molecule has 0 aliphatic carbocycles. The van der Waals surface area contributed by atoms with Crippen molar-refractivity contribution in [2.24, 2.45) is 11.5 Å². The van der Waals surface area contributed by atoms with E-state index in [4.69, 9.17) is 50.4 Å². The molecule has 0 aromatic rings. The van der Waals surface area contributed by atoms with Gasteiger partial charge >= 0.3 is 24.0 Å². The van der Waals surface area contributed by atoms with E-state index in [0.717, 1.165) is 0 Å². The molecule has 0 saturated carbocycles. The van der Waals surface area contributed by atoms with Crippen molar-refractivity contribution >= 4 is 53.3 Å². The molecular formula is C28H47Cl2N3O10. The van der Waals surface area contributed by atoms with Crippen LogP contribution in [0.15, 0.2) is 0 Å². The number of carbonyl (C=O) groups is 5. The second-order valence-electron chi connectivity index (χ2n) is 8.27. The molecule has 0 aromatic carbocycles. The number of aliphatic hydroxyl groups excluding tert-OH is 1. The first-order valence-electron chi connectivity index (χ1n) is 12.5. The fourth-order valence-electron chi connectivity index (χ4n) is 1.68. The molecule has 0 aromatic heterocycles. The molecule has 0 aliphatic heterocycles. The Kier molecular flexibility index (Phi) is 42.1. The van der Waals surface area contributed by atoms with E-state index in [-0.39, 0.29) is 50.1 Å². The maximum Gasteiger partial charge on any atom is 0.408 e. The summed E-state index contributed by atoms with van der Waals surface area (Å²) in [6.45, 7) is 12.4. The third-order valence-corrected chi connectivity index (χ3v) is 3.17. The molecule has 7 N–H and O–H groups in total. The van der Waals surface area contributed by atoms with Gasteiger partial charge in [0.25, 0.3) is 0 Å². The predicted molar refractivity (Wildman–Crippen MR) is 167 cm³/mol. The number of aliphatic carboxylic acids is 1. The Morgan fingerprint density at radius 1 is 0.860 bits per heavy atom. The molecule has 0 saturated heterocycles. The number of ether oxygens (including phenoxy) is 3. The minimum absolute atomic E-state index is 0. The number of nitrogens with one attached hydrogen (secondary N) is 1. The average Bonchev–Trinajstić information content (AvgIpc) is 2.84. The zero-order valence-corrected chi connectivity index (χ0v) is 27.4. The van der Waals surface area contributed by atoms with Crippen LogP contribution in [0.2, 0.25) is 0 Å². The van der Waals surface area contributed by atoms with Crippen molar-refractivity contribution in [2.75, 3.05) is 19.8 Å². The van der Waals surface area contributed by atoms with Crippen molar-refractivity contribution in [2.45, 2.75) is 91.5 Å². The summed E-state index contributed by atoms with van der Waals surface area (Å²) in [5, 5.41) is 17.7. The Hall–Kier alpha value is -3.51. The van der Waals surface area contributed by atoms with Gasteiger partial charge in [0.1, 0.15) is 23.7 Å². The van der Waals surface area contributed by atoms with Crippen molar-refractivity contribution in [3.05, 3.63) is 0 Å². The first kappa shape index (κ1) is 52.2. The van der Waals surface area contributed by atoms with E-state index in [1.165, 1.54) is 6.92 Å². The quantitative estimate of drug-likeness (QED) is 0.104. The molecule has 0 heterocycles. The van der Waals surface area contributed by atoms with Gasteiger partial charge in [-0.3, -0.25) is 14.4 Å². The number of rotatable bonds is 9. The molecule has 0 bridgehead atoms. The molecule has 3 atom stereocenters. The van der Waals surface area contributed by atoms with Crippen molar-refractivity contribution in [3.63, 3.8) is 0 Å². The SMILES string of the molecule is C#CCC(N)C(=O)O.C#CCC(N)C(=O)OCC.C#CCC(NC(=O)OC(C)(C)C)C(=O)OCC.CC(=O)Cl.CCO.Cl. The van der Waals surface area contributed by atoms with Crippen molar-refractivity contribution < 1.29 is 48.4 Å². The molecule has 1 amide bonds. The van der Waals surface area contributed by atoms with Crippen LogP contribution in [0.5, 0.6) is 0 Å². The molecule has 0 radical (unpaired) electrons. The third kappa shape index (κ3) is 48.6. The number of hydrogen-bond donors (Lipinski definition) is 5. The van der Waals surface area contributed by atoms with E-state index < -0.39 is 47.7 Å². The number of carboxylic acids is 1. The van der Waals surface area contributed by atoms with Crippen molar-refractivity contribution in [3.8, 4) is 37.0 Å². The predicted octanol–water partition coefficient (Wildman–Crippen LogP) is 1.98. The van der Waals surface area contributed by atoms with E-state index in [1.807, 2.05) is 0 Å². The van der Waals surface area contributed by atoms with Gasteiger partial charge in [-0.25, -0.2) is 9.59 Å². The Morgan fingerprint density at radius 3 is 1.49 bits per heavy atom. The lowest BCUT2D eigenvalue weighted by atomic mass is 10.2. The molecule has 13 nitrogen and oxygen atoms in total. The number of terminal acetylenes is 3. The summed E-state index contributed by atoms with van der Waals surface area (Å²) >= 11 is 4.64. The van der Waals surface area contributed by atoms with Gasteiger partial charge in [0.2, 0.25) is 5.24 Å². The monoisotopic (exact) mass is 655 g/mol. The van der Waals surface area contributed by atoms with E-state index >= 15 is 0 Å². The highest BCUT2D eigenvalue weighted by Crippen LogP contribution is 2.07. The van der Waals surface area contributed by atoms with Gasteiger partial charge in [-0.1, -0.05) is 0 Å². The van der Waals surface area contributed by atoms with E-state index in [9.17, 15) is 24.0 Å². The fourth-order valence-corrected chi connectivity index (χ4v) is 1.68. The number of halogens is 2. The lowest BCUT2D eigenvalue weighted by Gasteiger charge is -2.22. The van der Waals surface area contributed by atoms with Gasteiger partial charge in [0.05, 0.1) is 13.2 Å². The Balaban J connectivity index is -0.000000112. The lowest BCUT2D eigenvalue weighted by Crippen LogP contribution is -2.44. The van der Waals surface area contributed by atoms with Gasteiger partial charge in [-0.2, -0.15) is 0 Å². The van der Waals surface area contributed by atoms with Crippen molar-refractivity contribution in [1.29, 1.82) is 0 Å². The van der Waals surface area contributed by atoms with Gasteiger partial charge < -0.3 is 41.2 Å². The number of alkyl carbamates (subject to hydrolysis) is 1. The number of aliphatic hydroxyl groups is 1. The standard InChI is InChI=1S/C12H19NO4.C7H11NO2.C5H7NO2.C2H3ClO.C2H6O.ClH/c1-6-8-9(10(14)16-7-2)13-11(15)17-12(3,4)5;1-3-5-6(8)7(9)10-4-2;1-2-3-4(6)5(7)8;1-2(3)4;1-2-3;/h1,9H,7-8H2,2-5H3,(H,13,15);1,6H,4-5,8H2,2H3;1,4H,3,6H2,(H,7,8);1H3;3H,2H2,1H3;1H. The highest BCUT2D eigenvalue weighted by molar-refractivity contribution is 6.62. The smallest absolute Gasteiger partial charge is 0.408 e. The molecule has 0 rings (SSSR count). The Morgan fingerprint density at radius 2 is 1.21 bits per heavy atom. The zero-order chi connectivity index (χ0) is 34.3. The highest BCUT2D eigenvalue weighted by Gasteiger charge is 2.24. The van der Waals surface area contributed by atoms with Crippen LogP contribution in [-0.2, 0) is 33.4 Å². The minimum atomic E-state index is -1.05. The van der Waals surface area contributed by atoms with E-state index in [1.54, 1.807) is 41.5 Å². The van der Waals surface area contributed by atoms with Crippen LogP contribution in [-0.4, -0.2) is 83.0 Å². The lowest BCUT2D eigenvalue weighted by molar-refractivity contribution is -0.146. The van der Waals surface area contributed by atoms with Crippen molar-refractivity contribution in [1.82, 2.24) is 5.32 Å². The van der Waals surface area contributed by atoms with Gasteiger partial charge in [-0.05, 0) is 53.1 Å². The van der Waals surface area contributed by atoms with Crippen LogP contribution in [0, 0.1) is 37.0 Å². The summed E-state index contributed by atoms with van der Waals surface area (Å²) in [7, 11) is 0. The summed E-state index contributed by atoms with van der Waals surface area (Å²) < 4.78 is 14.4. The summed E-state index contributed by atoms with van der Waals surface area (Å²) in [4.78, 5) is 52.7. The van der Waals surface area contributed by atoms with E-state index in [2.05, 4.69) is 39.4 Å². The average molecular weight is 657 g/mol. The Bertz CT molecular complexity index is 900. The number of nitrogens with two attached hydrogens (primary N) is 2. The number of amides is 1. The largest absolute Gasteiger partial charge is 0.480 e. The second-order valence-corrected chi connectivity index (χ2v) is 8.80. The Labute approximate surface area is 266 Å². The van der Waals surface area contributed by atoms with Crippen LogP contribution in [0.3, 0.4) is 0 Å². The summed E-state index contributed by atoms with van der Waals surface area (Å²) in [6, 6.07) is -2.43. The van der Waals surface area contributed by atoms with Gasteiger partial charge in [0, 0.05) is 32.8 Å². The summed E-state index contributed by atoms with van der Waals surface area (Å²) in [5.74, 6) is 4.69. The molecule has 43 heavy (non-hydrogen) atoms. The number of hydrogen-bond acceptors (Lipinski definition) is 11. The van der Waals surface area contributed by atoms with Crippen LogP contribution < -0.4 is 16.8 Å². The normalized spacial score (nSPS) is 10.8. The second kappa shape index (κ2) is 34.7. The van der Waals surface area contributed by atoms with Gasteiger partial charge in [-0.15, -0.1) is 49.4 Å². The van der Waals surface area contributed by atoms with Crippen LogP contribution in [0.25, 0.3) is 0 Å². The molecular weight excluding hydrogens is 609 g/mol. The van der Waals surface area contributed by atoms with Gasteiger partial charge in [0.15, 0.2) is 0 Å². The molecule has 0 fully saturated rings. The molecule has 15 heteroatoms. The molecule has 248 valence electrons. The molecule has 0 spiro atoms. The molecule has 3 unspecified atom stereocenters.